The molecule has 2 rings (SSSR count). The molecule has 0 unspecified atom stereocenters. The van der Waals surface area contributed by atoms with Crippen LogP contribution in [0.25, 0.3) is 0 Å². The molecule has 7 heteroatoms. The van der Waals surface area contributed by atoms with E-state index in [1.54, 1.807) is 30.3 Å². The van der Waals surface area contributed by atoms with E-state index in [1.807, 2.05) is 12.1 Å². The van der Waals surface area contributed by atoms with Gasteiger partial charge >= 0.3 is 0 Å². The monoisotopic (exact) mass is 445 g/mol. The predicted octanol–water partition coefficient (Wildman–Crippen LogP) is 4.01. The SMILES string of the molecule is CS(=O)(=O)Cc1cccc(C(=O)Nc2cc(Br)ccc2Br)c1. The van der Waals surface area contributed by atoms with E-state index in [0.717, 1.165) is 8.95 Å². The van der Waals surface area contributed by atoms with Crippen LogP contribution < -0.4 is 5.32 Å². The van der Waals surface area contributed by atoms with Gasteiger partial charge < -0.3 is 5.32 Å². The summed E-state index contributed by atoms with van der Waals surface area (Å²) in [6.07, 6.45) is 1.17. The highest BCUT2D eigenvalue weighted by Crippen LogP contribution is 2.26. The van der Waals surface area contributed by atoms with Crippen molar-refractivity contribution < 1.29 is 13.2 Å². The van der Waals surface area contributed by atoms with Gasteiger partial charge in [-0.25, -0.2) is 8.42 Å². The summed E-state index contributed by atoms with van der Waals surface area (Å²) >= 11 is 6.72. The summed E-state index contributed by atoms with van der Waals surface area (Å²) in [7, 11) is -3.14. The Morgan fingerprint density at radius 3 is 2.55 bits per heavy atom. The van der Waals surface area contributed by atoms with Crippen LogP contribution in [0.3, 0.4) is 0 Å². The van der Waals surface area contributed by atoms with Gasteiger partial charge in [-0.2, -0.15) is 0 Å². The standard InChI is InChI=1S/C15H13Br2NO3S/c1-22(20,21)9-10-3-2-4-11(7-10)15(19)18-14-8-12(16)5-6-13(14)17/h2-8H,9H2,1H3,(H,18,19). The van der Waals surface area contributed by atoms with Gasteiger partial charge in [0.1, 0.15) is 0 Å². The number of carbonyl (C=O) groups excluding carboxylic acids is 1. The van der Waals surface area contributed by atoms with Crippen molar-refractivity contribution in [1.29, 1.82) is 0 Å². The molecule has 22 heavy (non-hydrogen) atoms. The highest BCUT2D eigenvalue weighted by atomic mass is 79.9. The highest BCUT2D eigenvalue weighted by Gasteiger charge is 2.11. The smallest absolute Gasteiger partial charge is 0.255 e. The number of benzene rings is 2. The second-order valence-electron chi connectivity index (χ2n) is 4.85. The first-order valence-electron chi connectivity index (χ1n) is 6.28. The van der Waals surface area contributed by atoms with Crippen molar-refractivity contribution in [2.24, 2.45) is 0 Å². The molecule has 0 saturated heterocycles. The minimum absolute atomic E-state index is 0.0886. The van der Waals surface area contributed by atoms with Gasteiger partial charge in [-0.3, -0.25) is 4.79 Å². The molecule has 2 aromatic rings. The predicted molar refractivity (Wildman–Crippen MR) is 94.8 cm³/mol. The summed E-state index contributed by atoms with van der Waals surface area (Å²) in [5.41, 5.74) is 1.63. The Morgan fingerprint density at radius 2 is 1.86 bits per heavy atom. The lowest BCUT2D eigenvalue weighted by molar-refractivity contribution is 0.102. The molecular weight excluding hydrogens is 434 g/mol. The number of amides is 1. The summed E-state index contributed by atoms with van der Waals surface area (Å²) in [5, 5.41) is 2.79. The van der Waals surface area contributed by atoms with Gasteiger partial charge in [0.05, 0.1) is 11.4 Å². The highest BCUT2D eigenvalue weighted by molar-refractivity contribution is 9.11. The van der Waals surface area contributed by atoms with E-state index >= 15 is 0 Å². The van der Waals surface area contributed by atoms with Crippen molar-refractivity contribution in [1.82, 2.24) is 0 Å². The van der Waals surface area contributed by atoms with Crippen LogP contribution in [0.15, 0.2) is 51.4 Å². The molecule has 0 saturated carbocycles. The van der Waals surface area contributed by atoms with Gasteiger partial charge in [-0.1, -0.05) is 28.1 Å². The Kier molecular flexibility index (Phi) is 5.41. The number of nitrogens with one attached hydrogen (secondary N) is 1. The molecule has 1 N–H and O–H groups in total. The number of sulfone groups is 1. The molecule has 0 fully saturated rings. The first-order chi connectivity index (χ1) is 10.2. The van der Waals surface area contributed by atoms with Gasteiger partial charge in [0, 0.05) is 20.8 Å². The van der Waals surface area contributed by atoms with Gasteiger partial charge in [0.2, 0.25) is 0 Å². The molecular formula is C15H13Br2NO3S. The molecule has 116 valence electrons. The van der Waals surface area contributed by atoms with Crippen molar-refractivity contribution in [3.05, 3.63) is 62.5 Å². The van der Waals surface area contributed by atoms with Crippen LogP contribution in [0.5, 0.6) is 0 Å². The van der Waals surface area contributed by atoms with E-state index in [4.69, 9.17) is 0 Å². The van der Waals surface area contributed by atoms with E-state index in [1.165, 1.54) is 6.26 Å². The van der Waals surface area contributed by atoms with Gasteiger partial charge in [0.25, 0.3) is 5.91 Å². The van der Waals surface area contributed by atoms with E-state index in [0.29, 0.717) is 16.8 Å². The van der Waals surface area contributed by atoms with Crippen LogP contribution in [-0.4, -0.2) is 20.6 Å². The quantitative estimate of drug-likeness (QED) is 0.771. The van der Waals surface area contributed by atoms with Crippen molar-refractivity contribution in [2.75, 3.05) is 11.6 Å². The third-order valence-corrected chi connectivity index (χ3v) is 4.84. The number of rotatable bonds is 4. The molecule has 1 amide bonds. The second-order valence-corrected chi connectivity index (χ2v) is 8.76. The molecule has 0 radical (unpaired) electrons. The molecule has 4 nitrogen and oxygen atoms in total. The number of anilines is 1. The first-order valence-corrected chi connectivity index (χ1v) is 9.92. The summed E-state index contributed by atoms with van der Waals surface area (Å²) in [4.78, 5) is 12.3. The molecule has 0 bridgehead atoms. The third kappa shape index (κ3) is 4.93. The minimum atomic E-state index is -3.14. The maximum Gasteiger partial charge on any atom is 0.255 e. The molecule has 0 aliphatic carbocycles. The lowest BCUT2D eigenvalue weighted by Crippen LogP contribution is -2.13. The van der Waals surface area contributed by atoms with Crippen molar-refractivity contribution >= 4 is 53.3 Å². The number of hydrogen-bond donors (Lipinski definition) is 1. The Labute approximate surface area is 146 Å². The van der Waals surface area contributed by atoms with Gasteiger partial charge in [-0.15, -0.1) is 0 Å². The summed E-state index contributed by atoms with van der Waals surface area (Å²) in [6, 6.07) is 12.0. The molecule has 0 spiro atoms. The van der Waals surface area contributed by atoms with E-state index in [-0.39, 0.29) is 11.7 Å². The zero-order valence-electron chi connectivity index (χ0n) is 11.6. The fourth-order valence-corrected chi connectivity index (χ4v) is 3.38. The van der Waals surface area contributed by atoms with Crippen LogP contribution in [0.4, 0.5) is 5.69 Å². The number of hydrogen-bond acceptors (Lipinski definition) is 3. The maximum absolute atomic E-state index is 12.3. The van der Waals surface area contributed by atoms with Crippen LogP contribution in [0, 0.1) is 0 Å². The third-order valence-electron chi connectivity index (χ3n) is 2.79. The van der Waals surface area contributed by atoms with Crippen LogP contribution in [0.2, 0.25) is 0 Å². The average molecular weight is 447 g/mol. The fourth-order valence-electron chi connectivity index (χ4n) is 1.89. The van der Waals surface area contributed by atoms with Crippen molar-refractivity contribution in [3.63, 3.8) is 0 Å². The Bertz CT molecular complexity index is 819. The van der Waals surface area contributed by atoms with E-state index in [9.17, 15) is 13.2 Å². The lowest BCUT2D eigenvalue weighted by Gasteiger charge is -2.09. The van der Waals surface area contributed by atoms with Crippen LogP contribution in [0.1, 0.15) is 15.9 Å². The summed E-state index contributed by atoms with van der Waals surface area (Å²) in [6.45, 7) is 0. The Balaban J connectivity index is 2.23. The second kappa shape index (κ2) is 6.93. The summed E-state index contributed by atoms with van der Waals surface area (Å²) < 4.78 is 24.3. The molecule has 0 aliphatic rings. The number of halogens is 2. The average Bonchev–Trinajstić information content (AvgIpc) is 2.41. The first kappa shape index (κ1) is 17.2. The van der Waals surface area contributed by atoms with E-state index < -0.39 is 9.84 Å². The Morgan fingerprint density at radius 1 is 1.14 bits per heavy atom. The van der Waals surface area contributed by atoms with Crippen molar-refractivity contribution in [3.8, 4) is 0 Å². The molecule has 0 atom stereocenters. The van der Waals surface area contributed by atoms with Gasteiger partial charge in [0.15, 0.2) is 9.84 Å². The van der Waals surface area contributed by atoms with Crippen LogP contribution >= 0.6 is 31.9 Å². The van der Waals surface area contributed by atoms with Crippen molar-refractivity contribution in [2.45, 2.75) is 5.75 Å². The fraction of sp³-hybridized carbons (Fsp3) is 0.133. The lowest BCUT2D eigenvalue weighted by atomic mass is 10.1. The normalized spacial score (nSPS) is 11.2. The van der Waals surface area contributed by atoms with Crippen LogP contribution in [-0.2, 0) is 15.6 Å². The Hall–Kier alpha value is -1.18. The van der Waals surface area contributed by atoms with Gasteiger partial charge in [-0.05, 0) is 51.8 Å². The molecule has 0 heterocycles. The maximum atomic E-state index is 12.3. The van der Waals surface area contributed by atoms with E-state index in [2.05, 4.69) is 37.2 Å². The number of carbonyl (C=O) groups is 1. The zero-order valence-corrected chi connectivity index (χ0v) is 15.6. The molecule has 0 aromatic heterocycles. The largest absolute Gasteiger partial charge is 0.321 e. The summed E-state index contributed by atoms with van der Waals surface area (Å²) in [5.74, 6) is -0.386. The molecule has 2 aromatic carbocycles. The molecule has 0 aliphatic heterocycles. The minimum Gasteiger partial charge on any atom is -0.321 e. The zero-order chi connectivity index (χ0) is 16.3. The topological polar surface area (TPSA) is 63.2 Å².